The Balaban J connectivity index is 2.18. The monoisotopic (exact) mass is 461 g/mol. The number of carboxylic acid groups (broad SMARTS) is 1. The van der Waals surface area contributed by atoms with Crippen molar-refractivity contribution >= 4 is 28.7 Å². The molecule has 1 amide bonds. The van der Waals surface area contributed by atoms with Gasteiger partial charge in [0, 0.05) is 23.3 Å². The fourth-order valence-electron chi connectivity index (χ4n) is 3.61. The molecule has 140 valence electrons. The highest BCUT2D eigenvalue weighted by atomic mass is 127. The Morgan fingerprint density at radius 2 is 2.04 bits per heavy atom. The largest absolute Gasteiger partial charge is 0.465 e. The number of amides is 1. The van der Waals surface area contributed by atoms with E-state index in [0.717, 1.165) is 47.7 Å². The maximum atomic E-state index is 12.1. The average molecular weight is 461 g/mol. The summed E-state index contributed by atoms with van der Waals surface area (Å²) in [4.78, 5) is 13.8. The van der Waals surface area contributed by atoms with Gasteiger partial charge in [-0.2, -0.15) is 0 Å². The van der Waals surface area contributed by atoms with Gasteiger partial charge < -0.3 is 14.6 Å². The molecule has 0 bridgehead atoms. The van der Waals surface area contributed by atoms with Crippen LogP contribution in [-0.2, 0) is 9.47 Å². The van der Waals surface area contributed by atoms with Crippen molar-refractivity contribution in [2.24, 2.45) is 0 Å². The van der Waals surface area contributed by atoms with Gasteiger partial charge in [0.15, 0.2) is 0 Å². The third kappa shape index (κ3) is 6.11. The van der Waals surface area contributed by atoms with Crippen LogP contribution in [-0.4, -0.2) is 42.7 Å². The molecule has 0 saturated heterocycles. The summed E-state index contributed by atoms with van der Waals surface area (Å²) in [5.41, 5.74) is 1.10. The summed E-state index contributed by atoms with van der Waals surface area (Å²) in [6.45, 7) is 0.852. The van der Waals surface area contributed by atoms with E-state index in [1.165, 1.54) is 6.42 Å². The van der Waals surface area contributed by atoms with Crippen LogP contribution in [0.4, 0.5) is 4.79 Å². The van der Waals surface area contributed by atoms with Gasteiger partial charge in [0.2, 0.25) is 0 Å². The molecular weight excluding hydrogens is 433 g/mol. The van der Waals surface area contributed by atoms with E-state index in [2.05, 4.69) is 28.7 Å². The standard InChI is InChI=1S/C19H28INO4/c1-24-14-25-13-7-12-18(16-10-5-6-11-17(16)20)21(19(22)23)15-8-3-2-4-9-15/h5-6,10-11,15,18H,2-4,7-9,12-14H2,1H3,(H,22,23)/t18-/m0/s1. The van der Waals surface area contributed by atoms with Crippen molar-refractivity contribution in [1.82, 2.24) is 4.90 Å². The highest BCUT2D eigenvalue weighted by Gasteiger charge is 2.33. The summed E-state index contributed by atoms with van der Waals surface area (Å²) in [5, 5.41) is 9.96. The molecule has 1 aliphatic rings. The summed E-state index contributed by atoms with van der Waals surface area (Å²) < 4.78 is 11.4. The molecule has 1 fully saturated rings. The lowest BCUT2D eigenvalue weighted by Gasteiger charge is -2.38. The first-order valence-corrected chi connectivity index (χ1v) is 10.1. The van der Waals surface area contributed by atoms with Crippen molar-refractivity contribution in [2.45, 2.75) is 57.0 Å². The van der Waals surface area contributed by atoms with E-state index in [4.69, 9.17) is 9.47 Å². The number of carbonyl (C=O) groups is 1. The van der Waals surface area contributed by atoms with Gasteiger partial charge in [-0.25, -0.2) is 4.79 Å². The minimum Gasteiger partial charge on any atom is -0.465 e. The first-order valence-electron chi connectivity index (χ1n) is 8.97. The normalized spacial score (nSPS) is 16.6. The Labute approximate surface area is 163 Å². The quantitative estimate of drug-likeness (QED) is 0.318. The number of halogens is 1. The zero-order valence-corrected chi connectivity index (χ0v) is 17.0. The summed E-state index contributed by atoms with van der Waals surface area (Å²) in [5.74, 6) is 0. The van der Waals surface area contributed by atoms with E-state index >= 15 is 0 Å². The third-order valence-corrected chi connectivity index (χ3v) is 5.74. The topological polar surface area (TPSA) is 59.0 Å². The summed E-state index contributed by atoms with van der Waals surface area (Å²) in [6.07, 6.45) is 6.12. The maximum absolute atomic E-state index is 12.1. The van der Waals surface area contributed by atoms with Gasteiger partial charge in [-0.05, 0) is 59.9 Å². The highest BCUT2D eigenvalue weighted by molar-refractivity contribution is 14.1. The molecule has 0 aromatic heterocycles. The number of rotatable bonds is 9. The fraction of sp³-hybridized carbons (Fsp3) is 0.632. The van der Waals surface area contributed by atoms with Crippen LogP contribution < -0.4 is 0 Å². The first-order chi connectivity index (χ1) is 12.1. The minimum atomic E-state index is -0.811. The van der Waals surface area contributed by atoms with E-state index < -0.39 is 6.09 Å². The SMILES string of the molecule is COCOCCC[C@@H](c1ccccc1I)N(C(=O)O)C1CCCCC1. The molecule has 1 aromatic rings. The molecule has 1 atom stereocenters. The second kappa shape index (κ2) is 11.0. The lowest BCUT2D eigenvalue weighted by molar-refractivity contribution is -0.0333. The fourth-order valence-corrected chi connectivity index (χ4v) is 4.36. The highest BCUT2D eigenvalue weighted by Crippen LogP contribution is 2.35. The van der Waals surface area contributed by atoms with Crippen LogP contribution in [0.5, 0.6) is 0 Å². The summed E-state index contributed by atoms with van der Waals surface area (Å²) in [7, 11) is 1.60. The third-order valence-electron chi connectivity index (χ3n) is 4.76. The van der Waals surface area contributed by atoms with Gasteiger partial charge >= 0.3 is 6.09 Å². The molecule has 25 heavy (non-hydrogen) atoms. The predicted octanol–water partition coefficient (Wildman–Crippen LogP) is 5.05. The van der Waals surface area contributed by atoms with Gasteiger partial charge in [0.05, 0.1) is 6.04 Å². The Kier molecular flexibility index (Phi) is 8.98. The lowest BCUT2D eigenvalue weighted by atomic mass is 9.91. The van der Waals surface area contributed by atoms with Crippen LogP contribution in [0.1, 0.15) is 56.6 Å². The first kappa shape index (κ1) is 20.5. The Hall–Kier alpha value is -0.860. The second-order valence-corrected chi connectivity index (χ2v) is 7.64. The molecule has 0 spiro atoms. The molecule has 1 aliphatic carbocycles. The van der Waals surface area contributed by atoms with Crippen LogP contribution >= 0.6 is 22.6 Å². The molecule has 0 heterocycles. The minimum absolute atomic E-state index is 0.118. The van der Waals surface area contributed by atoms with Gasteiger partial charge in [0.25, 0.3) is 0 Å². The van der Waals surface area contributed by atoms with Crippen molar-refractivity contribution < 1.29 is 19.4 Å². The number of ether oxygens (including phenoxy) is 2. The van der Waals surface area contributed by atoms with Gasteiger partial charge in [-0.15, -0.1) is 0 Å². The molecule has 0 unspecified atom stereocenters. The summed E-state index contributed by atoms with van der Waals surface area (Å²) >= 11 is 2.31. The molecule has 6 heteroatoms. The molecule has 1 saturated carbocycles. The number of nitrogens with zero attached hydrogens (tertiary/aromatic N) is 1. The van der Waals surface area contributed by atoms with Crippen LogP contribution in [0.3, 0.4) is 0 Å². The molecular formula is C19H28INO4. The molecule has 1 aromatic carbocycles. The van der Waals surface area contributed by atoms with E-state index in [9.17, 15) is 9.90 Å². The average Bonchev–Trinajstić information content (AvgIpc) is 2.61. The number of hydrogen-bond donors (Lipinski definition) is 1. The predicted molar refractivity (Wildman–Crippen MR) is 106 cm³/mol. The van der Waals surface area contributed by atoms with E-state index in [0.29, 0.717) is 6.61 Å². The van der Waals surface area contributed by atoms with E-state index in [1.807, 2.05) is 18.2 Å². The van der Waals surface area contributed by atoms with Crippen molar-refractivity contribution in [2.75, 3.05) is 20.5 Å². The lowest BCUT2D eigenvalue weighted by Crippen LogP contribution is -2.43. The number of hydrogen-bond acceptors (Lipinski definition) is 3. The zero-order valence-electron chi connectivity index (χ0n) is 14.8. The molecule has 0 aliphatic heterocycles. The zero-order chi connectivity index (χ0) is 18.1. The Bertz CT molecular complexity index is 534. The van der Waals surface area contributed by atoms with Crippen molar-refractivity contribution in [3.8, 4) is 0 Å². The van der Waals surface area contributed by atoms with Crippen molar-refractivity contribution in [3.05, 3.63) is 33.4 Å². The Morgan fingerprint density at radius 1 is 1.32 bits per heavy atom. The van der Waals surface area contributed by atoms with Crippen LogP contribution in [0.25, 0.3) is 0 Å². The van der Waals surface area contributed by atoms with Crippen molar-refractivity contribution in [1.29, 1.82) is 0 Å². The Morgan fingerprint density at radius 3 is 2.68 bits per heavy atom. The summed E-state index contributed by atoms with van der Waals surface area (Å²) in [6, 6.07) is 8.08. The number of benzene rings is 1. The van der Waals surface area contributed by atoms with Crippen LogP contribution in [0.2, 0.25) is 0 Å². The second-order valence-electron chi connectivity index (χ2n) is 6.48. The molecule has 1 N–H and O–H groups in total. The number of methoxy groups -OCH3 is 1. The molecule has 0 radical (unpaired) electrons. The van der Waals surface area contributed by atoms with Gasteiger partial charge in [-0.3, -0.25) is 4.90 Å². The van der Waals surface area contributed by atoms with Gasteiger partial charge in [0.1, 0.15) is 6.79 Å². The van der Waals surface area contributed by atoms with Gasteiger partial charge in [-0.1, -0.05) is 37.5 Å². The maximum Gasteiger partial charge on any atom is 0.408 e. The van der Waals surface area contributed by atoms with Crippen LogP contribution in [0.15, 0.2) is 24.3 Å². The molecule has 2 rings (SSSR count). The van der Waals surface area contributed by atoms with Crippen molar-refractivity contribution in [3.63, 3.8) is 0 Å². The van der Waals surface area contributed by atoms with E-state index in [1.54, 1.807) is 12.0 Å². The smallest absolute Gasteiger partial charge is 0.408 e. The van der Waals surface area contributed by atoms with Crippen LogP contribution in [0, 0.1) is 3.57 Å². The van der Waals surface area contributed by atoms with E-state index in [-0.39, 0.29) is 18.9 Å². The molecule has 5 nitrogen and oxygen atoms in total.